The third-order valence-corrected chi connectivity index (χ3v) is 4.27. The summed E-state index contributed by atoms with van der Waals surface area (Å²) in [5.74, 6) is -2.07. The quantitative estimate of drug-likeness (QED) is 0.656. The zero-order chi connectivity index (χ0) is 22.9. The van der Waals surface area contributed by atoms with E-state index in [2.05, 4.69) is 20.5 Å². The van der Waals surface area contributed by atoms with Crippen molar-refractivity contribution in [3.63, 3.8) is 0 Å². The molecular weight excluding hydrogens is 417 g/mol. The molecule has 0 unspecified atom stereocenters. The Balaban J connectivity index is 0.000000423. The van der Waals surface area contributed by atoms with Crippen molar-refractivity contribution < 1.29 is 32.6 Å². The topological polar surface area (TPSA) is 104 Å². The summed E-state index contributed by atoms with van der Waals surface area (Å²) in [6.45, 7) is 3.71. The summed E-state index contributed by atoms with van der Waals surface area (Å²) in [4.78, 5) is 28.1. The first-order valence-electron chi connectivity index (χ1n) is 9.33. The third-order valence-electron chi connectivity index (χ3n) is 4.27. The van der Waals surface area contributed by atoms with Gasteiger partial charge < -0.3 is 25.4 Å². The van der Waals surface area contributed by atoms with Gasteiger partial charge in [0, 0.05) is 51.2 Å². The van der Waals surface area contributed by atoms with Crippen LogP contribution in [0.4, 0.5) is 24.7 Å². The van der Waals surface area contributed by atoms with E-state index in [1.807, 2.05) is 36.4 Å². The van der Waals surface area contributed by atoms with Crippen LogP contribution in [0.15, 0.2) is 48.7 Å². The number of alkyl halides is 3. The number of nitrogens with zero attached hydrogens (tertiary/aromatic N) is 2. The second kappa shape index (κ2) is 11.3. The molecule has 0 aliphatic carbocycles. The van der Waals surface area contributed by atoms with Crippen molar-refractivity contribution in [1.82, 2.24) is 10.3 Å². The number of pyridine rings is 1. The molecule has 1 atom stereocenters. The predicted molar refractivity (Wildman–Crippen MR) is 108 cm³/mol. The van der Waals surface area contributed by atoms with Gasteiger partial charge in [0.25, 0.3) is 5.91 Å². The number of methoxy groups -OCH3 is 1. The molecular formula is C20H23F3N4O4. The minimum absolute atomic E-state index is 0.193. The Hall–Kier alpha value is -3.18. The molecule has 31 heavy (non-hydrogen) atoms. The van der Waals surface area contributed by atoms with Crippen LogP contribution in [-0.4, -0.2) is 61.4 Å². The molecule has 1 amide bonds. The van der Waals surface area contributed by atoms with Crippen molar-refractivity contribution in [2.45, 2.75) is 12.3 Å². The van der Waals surface area contributed by atoms with E-state index in [0.29, 0.717) is 0 Å². The molecule has 0 spiro atoms. The normalized spacial score (nSPS) is 14.8. The van der Waals surface area contributed by atoms with Gasteiger partial charge in [0.2, 0.25) is 0 Å². The van der Waals surface area contributed by atoms with E-state index in [-0.39, 0.29) is 5.91 Å². The molecule has 0 radical (unpaired) electrons. The average molecular weight is 440 g/mol. The number of anilines is 2. The summed E-state index contributed by atoms with van der Waals surface area (Å²) in [6, 6.07) is 13.2. The number of carbonyl (C=O) groups is 2. The van der Waals surface area contributed by atoms with Gasteiger partial charge >= 0.3 is 12.1 Å². The fourth-order valence-electron chi connectivity index (χ4n) is 2.79. The van der Waals surface area contributed by atoms with Gasteiger partial charge in [-0.15, -0.1) is 0 Å². The largest absolute Gasteiger partial charge is 0.490 e. The highest BCUT2D eigenvalue weighted by Crippen LogP contribution is 2.21. The molecule has 1 aromatic carbocycles. The summed E-state index contributed by atoms with van der Waals surface area (Å²) in [5.41, 5.74) is 1.55. The molecule has 1 aliphatic heterocycles. The van der Waals surface area contributed by atoms with Gasteiger partial charge in [-0.1, -0.05) is 30.3 Å². The standard InChI is InChI=1S/C18H22N4O2.C2HF3O2/c1-24-17(14-5-3-2-4-6-14)18(23)21-15-7-8-20-16(13-15)22-11-9-19-10-12-22;3-2(4,5)1(6)7/h2-8,13,17,19H,9-12H2,1H3,(H,20,21,23);(H,6,7)/t17-;/m1./s1. The molecule has 1 aromatic heterocycles. The van der Waals surface area contributed by atoms with Crippen LogP contribution in [0.25, 0.3) is 0 Å². The van der Waals surface area contributed by atoms with Gasteiger partial charge in [-0.25, -0.2) is 9.78 Å². The molecule has 11 heteroatoms. The first kappa shape index (κ1) is 24.1. The van der Waals surface area contributed by atoms with E-state index in [4.69, 9.17) is 14.6 Å². The lowest BCUT2D eigenvalue weighted by atomic mass is 10.1. The molecule has 0 saturated carbocycles. The molecule has 3 rings (SSSR count). The Bertz CT molecular complexity index is 859. The number of aromatic nitrogens is 1. The number of ether oxygens (including phenoxy) is 1. The molecule has 3 N–H and O–H groups in total. The highest BCUT2D eigenvalue weighted by atomic mass is 19.4. The van der Waals surface area contributed by atoms with E-state index < -0.39 is 18.2 Å². The van der Waals surface area contributed by atoms with E-state index >= 15 is 0 Å². The number of aliphatic carboxylic acids is 1. The molecule has 2 heterocycles. The molecule has 1 aliphatic rings. The number of halogens is 3. The lowest BCUT2D eigenvalue weighted by Crippen LogP contribution is -2.43. The van der Waals surface area contributed by atoms with Gasteiger partial charge in [-0.05, 0) is 11.6 Å². The zero-order valence-corrected chi connectivity index (χ0v) is 16.7. The lowest BCUT2D eigenvalue weighted by molar-refractivity contribution is -0.192. The van der Waals surface area contributed by atoms with Crippen molar-refractivity contribution in [2.24, 2.45) is 0 Å². The number of benzene rings is 1. The monoisotopic (exact) mass is 440 g/mol. The predicted octanol–water partition coefficient (Wildman–Crippen LogP) is 2.45. The zero-order valence-electron chi connectivity index (χ0n) is 16.7. The summed E-state index contributed by atoms with van der Waals surface area (Å²) in [7, 11) is 1.54. The van der Waals surface area contributed by atoms with Gasteiger partial charge in [-0.2, -0.15) is 13.2 Å². The lowest BCUT2D eigenvalue weighted by Gasteiger charge is -2.28. The fourth-order valence-corrected chi connectivity index (χ4v) is 2.79. The third kappa shape index (κ3) is 7.54. The first-order chi connectivity index (χ1) is 14.7. The molecule has 1 saturated heterocycles. The summed E-state index contributed by atoms with van der Waals surface area (Å²) in [5, 5.41) is 13.4. The highest BCUT2D eigenvalue weighted by Gasteiger charge is 2.38. The second-order valence-electron chi connectivity index (χ2n) is 6.46. The Labute approximate surface area is 177 Å². The number of carboxylic acid groups (broad SMARTS) is 1. The van der Waals surface area contributed by atoms with Crippen LogP contribution in [0, 0.1) is 0 Å². The summed E-state index contributed by atoms with van der Waals surface area (Å²) >= 11 is 0. The number of piperazine rings is 1. The van der Waals surface area contributed by atoms with Gasteiger partial charge in [0.1, 0.15) is 5.82 Å². The maximum atomic E-state index is 12.6. The van der Waals surface area contributed by atoms with E-state index in [1.165, 1.54) is 7.11 Å². The smallest absolute Gasteiger partial charge is 0.475 e. The fraction of sp³-hybridized carbons (Fsp3) is 0.350. The SMILES string of the molecule is CO[C@@H](C(=O)Nc1ccnc(N2CCNCC2)c1)c1ccccc1.O=C(O)C(F)(F)F. The van der Waals surface area contributed by atoms with Crippen molar-refractivity contribution in [1.29, 1.82) is 0 Å². The Morgan fingerprint density at radius 1 is 1.19 bits per heavy atom. The number of hydrogen-bond donors (Lipinski definition) is 3. The number of rotatable bonds is 5. The van der Waals surface area contributed by atoms with Gasteiger partial charge in [0.05, 0.1) is 0 Å². The number of carbonyl (C=O) groups excluding carboxylic acids is 1. The van der Waals surface area contributed by atoms with Crippen LogP contribution in [0.3, 0.4) is 0 Å². The molecule has 2 aromatic rings. The van der Waals surface area contributed by atoms with Crippen LogP contribution >= 0.6 is 0 Å². The second-order valence-corrected chi connectivity index (χ2v) is 6.46. The maximum Gasteiger partial charge on any atom is 0.490 e. The molecule has 0 bridgehead atoms. The molecule has 168 valence electrons. The highest BCUT2D eigenvalue weighted by molar-refractivity contribution is 5.95. The molecule has 8 nitrogen and oxygen atoms in total. The van der Waals surface area contributed by atoms with Crippen LogP contribution < -0.4 is 15.5 Å². The van der Waals surface area contributed by atoms with E-state index in [9.17, 15) is 18.0 Å². The Morgan fingerprint density at radius 2 is 1.81 bits per heavy atom. The van der Waals surface area contributed by atoms with Crippen molar-refractivity contribution >= 4 is 23.4 Å². The van der Waals surface area contributed by atoms with Crippen LogP contribution in [-0.2, 0) is 14.3 Å². The minimum atomic E-state index is -5.08. The van der Waals surface area contributed by atoms with Gasteiger partial charge in [0.15, 0.2) is 6.10 Å². The number of nitrogens with one attached hydrogen (secondary N) is 2. The Kier molecular flexibility index (Phi) is 8.76. The van der Waals surface area contributed by atoms with Crippen LogP contribution in [0.1, 0.15) is 11.7 Å². The van der Waals surface area contributed by atoms with Crippen molar-refractivity contribution in [3.05, 3.63) is 54.2 Å². The first-order valence-corrected chi connectivity index (χ1v) is 9.33. The minimum Gasteiger partial charge on any atom is -0.475 e. The summed E-state index contributed by atoms with van der Waals surface area (Å²) < 4.78 is 37.1. The summed E-state index contributed by atoms with van der Waals surface area (Å²) in [6.07, 6.45) is -4.00. The van der Waals surface area contributed by atoms with Crippen molar-refractivity contribution in [3.8, 4) is 0 Å². The van der Waals surface area contributed by atoms with Gasteiger partial charge in [-0.3, -0.25) is 4.79 Å². The van der Waals surface area contributed by atoms with Crippen molar-refractivity contribution in [2.75, 3.05) is 43.5 Å². The van der Waals surface area contributed by atoms with E-state index in [1.54, 1.807) is 12.3 Å². The van der Waals surface area contributed by atoms with Crippen LogP contribution in [0.2, 0.25) is 0 Å². The van der Waals surface area contributed by atoms with Crippen LogP contribution in [0.5, 0.6) is 0 Å². The Morgan fingerprint density at radius 3 is 2.35 bits per heavy atom. The number of amides is 1. The molecule has 1 fully saturated rings. The number of carboxylic acids is 1. The number of hydrogen-bond acceptors (Lipinski definition) is 6. The maximum absolute atomic E-state index is 12.6. The van der Waals surface area contributed by atoms with E-state index in [0.717, 1.165) is 43.2 Å². The average Bonchev–Trinajstić information content (AvgIpc) is 2.75.